The van der Waals surface area contributed by atoms with Crippen molar-refractivity contribution in [3.63, 3.8) is 0 Å². The van der Waals surface area contributed by atoms with Crippen molar-refractivity contribution in [3.05, 3.63) is 57.0 Å². The van der Waals surface area contributed by atoms with Gasteiger partial charge in [-0.25, -0.2) is 4.98 Å². The number of benzene rings is 1. The summed E-state index contributed by atoms with van der Waals surface area (Å²) in [7, 11) is 0. The molecule has 2 aliphatic rings. The van der Waals surface area contributed by atoms with Gasteiger partial charge in [0.2, 0.25) is 11.9 Å². The molecule has 8 nitrogen and oxygen atoms in total. The number of amides is 2. The van der Waals surface area contributed by atoms with Crippen LogP contribution in [0.3, 0.4) is 0 Å². The molecule has 2 atom stereocenters. The van der Waals surface area contributed by atoms with Crippen molar-refractivity contribution in [2.24, 2.45) is 0 Å². The Labute approximate surface area is 168 Å². The summed E-state index contributed by atoms with van der Waals surface area (Å²) in [4.78, 5) is 46.1. The van der Waals surface area contributed by atoms with Gasteiger partial charge in [-0.05, 0) is 38.3 Å². The van der Waals surface area contributed by atoms with E-state index in [1.54, 1.807) is 13.0 Å². The zero-order valence-corrected chi connectivity index (χ0v) is 16.6. The summed E-state index contributed by atoms with van der Waals surface area (Å²) in [6.45, 7) is 4.95. The van der Waals surface area contributed by atoms with E-state index in [-0.39, 0.29) is 35.9 Å². The molecule has 1 aromatic heterocycles. The highest BCUT2D eigenvalue weighted by atomic mass is 16.2. The fourth-order valence-corrected chi connectivity index (χ4v) is 4.02. The molecule has 0 aliphatic carbocycles. The molecule has 4 rings (SSSR count). The highest BCUT2D eigenvalue weighted by Crippen LogP contribution is 2.27. The van der Waals surface area contributed by atoms with Crippen molar-refractivity contribution in [1.29, 1.82) is 0 Å². The molecule has 0 radical (unpaired) electrons. The number of aromatic nitrogens is 2. The number of aryl methyl sites for hydroxylation is 1. The quantitative estimate of drug-likeness (QED) is 0.724. The number of H-pyrrole nitrogens is 1. The zero-order valence-electron chi connectivity index (χ0n) is 16.6. The molecule has 1 aromatic carbocycles. The lowest BCUT2D eigenvalue weighted by atomic mass is 10.0. The maximum atomic E-state index is 12.6. The monoisotopic (exact) mass is 395 g/mol. The van der Waals surface area contributed by atoms with Crippen LogP contribution in [0, 0.1) is 13.8 Å². The van der Waals surface area contributed by atoms with Gasteiger partial charge in [0.1, 0.15) is 0 Å². The van der Waals surface area contributed by atoms with Crippen LogP contribution >= 0.6 is 0 Å². The third-order valence-corrected chi connectivity index (χ3v) is 5.74. The Kier molecular flexibility index (Phi) is 5.08. The van der Waals surface area contributed by atoms with Crippen molar-refractivity contribution in [1.82, 2.24) is 20.6 Å². The first-order chi connectivity index (χ1) is 13.9. The molecule has 2 amide bonds. The number of nitrogens with zero attached hydrogens (tertiary/aromatic N) is 2. The van der Waals surface area contributed by atoms with E-state index in [9.17, 15) is 14.4 Å². The number of rotatable bonds is 4. The molecule has 152 valence electrons. The Morgan fingerprint density at radius 2 is 2.07 bits per heavy atom. The number of aromatic amines is 1. The van der Waals surface area contributed by atoms with Crippen molar-refractivity contribution >= 4 is 17.8 Å². The maximum Gasteiger partial charge on any atom is 0.255 e. The Morgan fingerprint density at radius 1 is 1.28 bits per heavy atom. The van der Waals surface area contributed by atoms with Gasteiger partial charge in [0, 0.05) is 36.0 Å². The van der Waals surface area contributed by atoms with E-state index in [4.69, 9.17) is 0 Å². The van der Waals surface area contributed by atoms with Crippen LogP contribution in [0.4, 0.5) is 5.95 Å². The second-order valence-corrected chi connectivity index (χ2v) is 7.77. The molecule has 0 spiro atoms. The lowest BCUT2D eigenvalue weighted by Gasteiger charge is -2.33. The number of anilines is 1. The third kappa shape index (κ3) is 3.87. The van der Waals surface area contributed by atoms with Gasteiger partial charge >= 0.3 is 0 Å². The van der Waals surface area contributed by atoms with Gasteiger partial charge in [0.15, 0.2) is 0 Å². The van der Waals surface area contributed by atoms with Crippen LogP contribution in [-0.4, -0.2) is 40.9 Å². The van der Waals surface area contributed by atoms with Gasteiger partial charge < -0.3 is 15.5 Å². The van der Waals surface area contributed by atoms with Crippen LogP contribution in [0.2, 0.25) is 0 Å². The summed E-state index contributed by atoms with van der Waals surface area (Å²) < 4.78 is 0. The molecule has 2 aliphatic heterocycles. The molecule has 29 heavy (non-hydrogen) atoms. The van der Waals surface area contributed by atoms with E-state index in [0.717, 1.165) is 24.9 Å². The topological polar surface area (TPSA) is 107 Å². The largest absolute Gasteiger partial charge is 0.352 e. The van der Waals surface area contributed by atoms with E-state index in [0.29, 0.717) is 29.3 Å². The highest BCUT2D eigenvalue weighted by Gasteiger charge is 2.30. The van der Waals surface area contributed by atoms with Crippen molar-refractivity contribution in [2.75, 3.05) is 18.0 Å². The minimum atomic E-state index is -0.295. The van der Waals surface area contributed by atoms with Crippen molar-refractivity contribution in [2.45, 2.75) is 45.2 Å². The molecule has 1 saturated heterocycles. The van der Waals surface area contributed by atoms with Gasteiger partial charge in [-0.2, -0.15) is 0 Å². The summed E-state index contributed by atoms with van der Waals surface area (Å²) in [6, 6.07) is 7.03. The van der Waals surface area contributed by atoms with Crippen LogP contribution in [-0.2, 0) is 4.79 Å². The van der Waals surface area contributed by atoms with E-state index in [1.165, 1.54) is 0 Å². The normalized spacial score (nSPS) is 20.9. The van der Waals surface area contributed by atoms with Crippen molar-refractivity contribution < 1.29 is 9.59 Å². The van der Waals surface area contributed by atoms with Gasteiger partial charge in [-0.15, -0.1) is 0 Å². The zero-order chi connectivity index (χ0) is 20.5. The molecule has 0 bridgehead atoms. The number of carbonyl (C=O) groups is 2. The van der Waals surface area contributed by atoms with Crippen LogP contribution in [0.5, 0.6) is 0 Å². The number of nitrogens with one attached hydrogen (secondary N) is 3. The minimum absolute atomic E-state index is 0.0319. The smallest absolute Gasteiger partial charge is 0.255 e. The molecule has 8 heteroatoms. The maximum absolute atomic E-state index is 12.6. The Bertz CT molecular complexity index is 1020. The van der Waals surface area contributed by atoms with Crippen LogP contribution in [0.15, 0.2) is 29.1 Å². The summed E-state index contributed by atoms with van der Waals surface area (Å²) in [5.74, 6) is 0.321. The van der Waals surface area contributed by atoms with E-state index < -0.39 is 0 Å². The number of fused-ring (bicyclic) bond motifs is 1. The first-order valence-corrected chi connectivity index (χ1v) is 9.94. The number of piperidine rings is 1. The highest BCUT2D eigenvalue weighted by molar-refractivity contribution is 5.99. The first-order valence-electron chi connectivity index (χ1n) is 9.94. The molecule has 1 fully saturated rings. The second-order valence-electron chi connectivity index (χ2n) is 7.77. The number of carbonyl (C=O) groups excluding carboxylic acids is 2. The standard InChI is InChI=1S/C21H25N5O3/c1-12-13(2)22-21(25-19(12)28)26-9-5-6-14(11-26)23-18(27)10-17-15-7-3-4-8-16(15)20(29)24-17/h3-4,7-8,14,17H,5-6,9-11H2,1-2H3,(H,23,27)(H,24,29)(H,22,25,28)/t14-,17-/m0/s1. The summed E-state index contributed by atoms with van der Waals surface area (Å²) in [6.07, 6.45) is 1.97. The molecule has 2 aromatic rings. The summed E-state index contributed by atoms with van der Waals surface area (Å²) in [5, 5.41) is 5.96. The molecule has 3 heterocycles. The Hall–Kier alpha value is -3.16. The Morgan fingerprint density at radius 3 is 2.86 bits per heavy atom. The van der Waals surface area contributed by atoms with Crippen LogP contribution in [0.25, 0.3) is 0 Å². The minimum Gasteiger partial charge on any atom is -0.352 e. The van der Waals surface area contributed by atoms with Gasteiger partial charge in [0.05, 0.1) is 12.5 Å². The van der Waals surface area contributed by atoms with E-state index >= 15 is 0 Å². The van der Waals surface area contributed by atoms with Gasteiger partial charge in [-0.3, -0.25) is 19.4 Å². The molecular formula is C21H25N5O3. The number of hydrogen-bond acceptors (Lipinski definition) is 5. The van der Waals surface area contributed by atoms with Gasteiger partial charge in [-0.1, -0.05) is 18.2 Å². The van der Waals surface area contributed by atoms with Crippen molar-refractivity contribution in [3.8, 4) is 0 Å². The third-order valence-electron chi connectivity index (χ3n) is 5.74. The Balaban J connectivity index is 1.39. The fourth-order valence-electron chi connectivity index (χ4n) is 4.02. The molecule has 0 saturated carbocycles. The van der Waals surface area contributed by atoms with E-state index in [1.807, 2.05) is 30.0 Å². The average Bonchev–Trinajstić information content (AvgIpc) is 3.01. The first kappa shape index (κ1) is 19.2. The summed E-state index contributed by atoms with van der Waals surface area (Å²) in [5.41, 5.74) is 2.71. The molecule has 3 N–H and O–H groups in total. The SMILES string of the molecule is Cc1nc(N2CCC[C@H](NC(=O)C[C@@H]3NC(=O)c4ccccc43)C2)[nH]c(=O)c1C. The van der Waals surface area contributed by atoms with Crippen LogP contribution < -0.4 is 21.1 Å². The predicted octanol–water partition coefficient (Wildman–Crippen LogP) is 1.35. The predicted molar refractivity (Wildman–Crippen MR) is 109 cm³/mol. The number of hydrogen-bond donors (Lipinski definition) is 3. The average molecular weight is 395 g/mol. The molecule has 0 unspecified atom stereocenters. The summed E-state index contributed by atoms with van der Waals surface area (Å²) >= 11 is 0. The fraction of sp³-hybridized carbons (Fsp3) is 0.429. The van der Waals surface area contributed by atoms with Crippen LogP contribution in [0.1, 0.15) is 52.5 Å². The lowest BCUT2D eigenvalue weighted by Crippen LogP contribution is -2.49. The van der Waals surface area contributed by atoms with Gasteiger partial charge in [0.25, 0.3) is 11.5 Å². The molecular weight excluding hydrogens is 370 g/mol. The lowest BCUT2D eigenvalue weighted by molar-refractivity contribution is -0.122. The van der Waals surface area contributed by atoms with E-state index in [2.05, 4.69) is 20.6 Å². The second kappa shape index (κ2) is 7.69.